The van der Waals surface area contributed by atoms with Gasteiger partial charge in [0.2, 0.25) is 0 Å². The van der Waals surface area contributed by atoms with Gasteiger partial charge in [0, 0.05) is 6.04 Å². The third kappa shape index (κ3) is 4.43. The number of fused-ring (bicyclic) bond motifs is 1. The fourth-order valence-corrected chi connectivity index (χ4v) is 3.16. The van der Waals surface area contributed by atoms with Crippen LogP contribution in [0.5, 0.6) is 0 Å². The molecular weight excluding hydrogens is 278 g/mol. The monoisotopic (exact) mass is 303 g/mol. The zero-order chi connectivity index (χ0) is 15.9. The van der Waals surface area contributed by atoms with Gasteiger partial charge in [-0.25, -0.2) is 0 Å². The quantitative estimate of drug-likeness (QED) is 0.606. The van der Waals surface area contributed by atoms with Gasteiger partial charge in [-0.15, -0.1) is 0 Å². The molecule has 118 valence electrons. The molecule has 0 aliphatic rings. The van der Waals surface area contributed by atoms with Gasteiger partial charge in [-0.05, 0) is 54.6 Å². The molecule has 1 N–H and O–H groups in total. The number of nitrogens with one attached hydrogen (secondary N) is 1. The Kier molecular flexibility index (Phi) is 5.44. The second-order valence-corrected chi connectivity index (χ2v) is 6.29. The lowest BCUT2D eigenvalue weighted by molar-refractivity contribution is 0.535. The summed E-state index contributed by atoms with van der Waals surface area (Å²) in [6.07, 6.45) is 3.41. The van der Waals surface area contributed by atoms with Crippen molar-refractivity contribution in [1.29, 1.82) is 0 Å². The minimum absolute atomic E-state index is 0.497. The van der Waals surface area contributed by atoms with Crippen LogP contribution < -0.4 is 5.32 Å². The summed E-state index contributed by atoms with van der Waals surface area (Å²) >= 11 is 0. The van der Waals surface area contributed by atoms with Crippen LogP contribution in [0.2, 0.25) is 0 Å². The van der Waals surface area contributed by atoms with Crippen LogP contribution in [0.25, 0.3) is 10.8 Å². The Bertz CT molecular complexity index is 728. The Morgan fingerprint density at radius 3 is 2.43 bits per heavy atom. The molecule has 0 bridgehead atoms. The van der Waals surface area contributed by atoms with Gasteiger partial charge in [0.05, 0.1) is 0 Å². The van der Waals surface area contributed by atoms with Gasteiger partial charge in [0.1, 0.15) is 0 Å². The van der Waals surface area contributed by atoms with Crippen molar-refractivity contribution in [1.82, 2.24) is 5.32 Å². The first kappa shape index (κ1) is 15.8. The summed E-state index contributed by atoms with van der Waals surface area (Å²) in [5.74, 6) is 0. The minimum Gasteiger partial charge on any atom is -0.314 e. The maximum absolute atomic E-state index is 3.67. The van der Waals surface area contributed by atoms with E-state index in [0.717, 1.165) is 19.4 Å². The summed E-state index contributed by atoms with van der Waals surface area (Å²) in [7, 11) is 0. The van der Waals surface area contributed by atoms with E-state index in [-0.39, 0.29) is 0 Å². The summed E-state index contributed by atoms with van der Waals surface area (Å²) in [4.78, 5) is 0. The topological polar surface area (TPSA) is 12.0 Å². The predicted molar refractivity (Wildman–Crippen MR) is 99.9 cm³/mol. The van der Waals surface area contributed by atoms with Crippen LogP contribution in [-0.4, -0.2) is 12.6 Å². The molecule has 0 fully saturated rings. The van der Waals surface area contributed by atoms with Crippen LogP contribution in [0.3, 0.4) is 0 Å². The normalized spacial score (nSPS) is 12.4. The lowest BCUT2D eigenvalue weighted by Gasteiger charge is -2.15. The molecule has 0 unspecified atom stereocenters. The lowest BCUT2D eigenvalue weighted by Crippen LogP contribution is -2.29. The highest BCUT2D eigenvalue weighted by molar-refractivity contribution is 5.85. The van der Waals surface area contributed by atoms with Gasteiger partial charge in [-0.2, -0.15) is 0 Å². The van der Waals surface area contributed by atoms with E-state index in [9.17, 15) is 0 Å². The van der Waals surface area contributed by atoms with E-state index in [1.807, 2.05) is 0 Å². The SMILES string of the molecule is C[C@@H](Cc1cccc2ccccc12)NCCCc1ccccc1. The summed E-state index contributed by atoms with van der Waals surface area (Å²) in [6, 6.07) is 26.5. The summed E-state index contributed by atoms with van der Waals surface area (Å²) in [5.41, 5.74) is 2.86. The first-order valence-corrected chi connectivity index (χ1v) is 8.57. The minimum atomic E-state index is 0.497. The second kappa shape index (κ2) is 7.94. The van der Waals surface area contributed by atoms with Crippen LogP contribution in [-0.2, 0) is 12.8 Å². The molecule has 0 saturated heterocycles. The maximum Gasteiger partial charge on any atom is 0.00793 e. The molecule has 0 radical (unpaired) electrons. The van der Waals surface area contributed by atoms with Crippen molar-refractivity contribution < 1.29 is 0 Å². The third-order valence-electron chi connectivity index (χ3n) is 4.38. The lowest BCUT2D eigenvalue weighted by atomic mass is 9.99. The van der Waals surface area contributed by atoms with Crippen molar-refractivity contribution in [2.75, 3.05) is 6.54 Å². The van der Waals surface area contributed by atoms with Crippen molar-refractivity contribution >= 4 is 10.8 Å². The molecule has 3 aromatic carbocycles. The van der Waals surface area contributed by atoms with E-state index in [0.29, 0.717) is 6.04 Å². The van der Waals surface area contributed by atoms with Gasteiger partial charge in [0.15, 0.2) is 0 Å². The molecule has 1 heteroatoms. The van der Waals surface area contributed by atoms with Crippen LogP contribution in [0, 0.1) is 0 Å². The molecule has 0 amide bonds. The average Bonchev–Trinajstić information content (AvgIpc) is 2.60. The zero-order valence-electron chi connectivity index (χ0n) is 13.8. The highest BCUT2D eigenvalue weighted by Gasteiger charge is 2.06. The van der Waals surface area contributed by atoms with Crippen LogP contribution in [0.4, 0.5) is 0 Å². The first-order valence-electron chi connectivity index (χ1n) is 8.57. The summed E-state index contributed by atoms with van der Waals surface area (Å²) in [5, 5.41) is 6.38. The van der Waals surface area contributed by atoms with E-state index in [2.05, 4.69) is 85.0 Å². The predicted octanol–water partition coefficient (Wildman–Crippen LogP) is 4.99. The van der Waals surface area contributed by atoms with E-state index >= 15 is 0 Å². The van der Waals surface area contributed by atoms with Crippen LogP contribution in [0.15, 0.2) is 72.8 Å². The summed E-state index contributed by atoms with van der Waals surface area (Å²) in [6.45, 7) is 3.35. The zero-order valence-corrected chi connectivity index (χ0v) is 13.8. The van der Waals surface area contributed by atoms with E-state index in [1.165, 1.54) is 28.3 Å². The average molecular weight is 303 g/mol. The highest BCUT2D eigenvalue weighted by Crippen LogP contribution is 2.19. The molecule has 23 heavy (non-hydrogen) atoms. The van der Waals surface area contributed by atoms with Crippen molar-refractivity contribution in [3.8, 4) is 0 Å². The molecule has 0 aliphatic heterocycles. The highest BCUT2D eigenvalue weighted by atomic mass is 14.9. The molecule has 0 heterocycles. The Hall–Kier alpha value is -2.12. The van der Waals surface area contributed by atoms with Gasteiger partial charge >= 0.3 is 0 Å². The van der Waals surface area contributed by atoms with Crippen molar-refractivity contribution in [3.05, 3.63) is 83.9 Å². The van der Waals surface area contributed by atoms with E-state index < -0.39 is 0 Å². The molecule has 0 spiro atoms. The van der Waals surface area contributed by atoms with E-state index in [1.54, 1.807) is 0 Å². The molecule has 1 atom stereocenters. The fourth-order valence-electron chi connectivity index (χ4n) is 3.16. The number of benzene rings is 3. The standard InChI is InChI=1S/C22H25N/c1-18(23-16-8-11-19-9-3-2-4-10-19)17-21-14-7-13-20-12-5-6-15-22(20)21/h2-7,9-10,12-15,18,23H,8,11,16-17H2,1H3/t18-/m0/s1. The number of aryl methyl sites for hydroxylation is 1. The Labute approximate surface area is 139 Å². The largest absolute Gasteiger partial charge is 0.314 e. The van der Waals surface area contributed by atoms with Crippen molar-refractivity contribution in [3.63, 3.8) is 0 Å². The van der Waals surface area contributed by atoms with Gasteiger partial charge < -0.3 is 5.32 Å². The van der Waals surface area contributed by atoms with Crippen LogP contribution in [0.1, 0.15) is 24.5 Å². The van der Waals surface area contributed by atoms with Crippen molar-refractivity contribution in [2.45, 2.75) is 32.2 Å². The molecule has 3 aromatic rings. The molecule has 3 rings (SSSR count). The molecule has 0 aromatic heterocycles. The number of hydrogen-bond acceptors (Lipinski definition) is 1. The molecule has 0 saturated carbocycles. The Morgan fingerprint density at radius 1 is 0.826 bits per heavy atom. The number of rotatable bonds is 7. The molecule has 1 nitrogen and oxygen atoms in total. The third-order valence-corrected chi connectivity index (χ3v) is 4.38. The van der Waals surface area contributed by atoms with Crippen molar-refractivity contribution in [2.24, 2.45) is 0 Å². The Balaban J connectivity index is 1.50. The first-order chi connectivity index (χ1) is 11.3. The maximum atomic E-state index is 3.67. The second-order valence-electron chi connectivity index (χ2n) is 6.29. The van der Waals surface area contributed by atoms with Crippen LogP contribution >= 0.6 is 0 Å². The van der Waals surface area contributed by atoms with E-state index in [4.69, 9.17) is 0 Å². The fraction of sp³-hybridized carbons (Fsp3) is 0.273. The number of hydrogen-bond donors (Lipinski definition) is 1. The molecular formula is C22H25N. The smallest absolute Gasteiger partial charge is 0.00793 e. The molecule has 0 aliphatic carbocycles. The van der Waals surface area contributed by atoms with Gasteiger partial charge in [-0.3, -0.25) is 0 Å². The summed E-state index contributed by atoms with van der Waals surface area (Å²) < 4.78 is 0. The Morgan fingerprint density at radius 2 is 1.57 bits per heavy atom. The van der Waals surface area contributed by atoms with Gasteiger partial charge in [-0.1, -0.05) is 72.8 Å². The van der Waals surface area contributed by atoms with Gasteiger partial charge in [0.25, 0.3) is 0 Å².